The summed E-state index contributed by atoms with van der Waals surface area (Å²) >= 11 is 1.59. The molecule has 0 aliphatic carbocycles. The Morgan fingerprint density at radius 2 is 1.66 bits per heavy atom. The molecule has 2 heterocycles. The molecule has 0 N–H and O–H groups in total. The fourth-order valence-corrected chi connectivity index (χ4v) is 4.87. The number of ether oxygens (including phenoxy) is 3. The lowest BCUT2D eigenvalue weighted by Gasteiger charge is -2.34. The number of thiazole rings is 1. The lowest BCUT2D eigenvalue weighted by atomic mass is 10.0. The van der Waals surface area contributed by atoms with Gasteiger partial charge in [-0.2, -0.15) is 0 Å². The molecule has 170 valence electrons. The van der Waals surface area contributed by atoms with E-state index in [0.29, 0.717) is 19.0 Å². The highest BCUT2D eigenvalue weighted by Gasteiger charge is 2.24. The number of hydrogen-bond donors (Lipinski definition) is 0. The minimum Gasteiger partial charge on any atom is -0.495 e. The highest BCUT2D eigenvalue weighted by molar-refractivity contribution is 7.22. The maximum atomic E-state index is 12.6. The molecular weight excluding hydrogens is 426 g/mol. The molecule has 0 atom stereocenters. The minimum absolute atomic E-state index is 0.00484. The van der Waals surface area contributed by atoms with E-state index in [4.69, 9.17) is 19.2 Å². The molecule has 32 heavy (non-hydrogen) atoms. The van der Waals surface area contributed by atoms with E-state index in [1.54, 1.807) is 25.6 Å². The summed E-state index contributed by atoms with van der Waals surface area (Å²) in [6.07, 6.45) is 0. The number of carbonyl (C=O) groups is 1. The topological polar surface area (TPSA) is 64.1 Å². The normalized spacial score (nSPS) is 14.2. The van der Waals surface area contributed by atoms with E-state index in [1.807, 2.05) is 41.3 Å². The number of aromatic nitrogens is 1. The van der Waals surface area contributed by atoms with Crippen molar-refractivity contribution in [2.24, 2.45) is 0 Å². The van der Waals surface area contributed by atoms with Crippen LogP contribution < -0.4 is 19.1 Å². The van der Waals surface area contributed by atoms with E-state index in [9.17, 15) is 4.79 Å². The number of piperazine rings is 1. The molecule has 0 spiro atoms. The number of amides is 1. The largest absolute Gasteiger partial charge is 0.495 e. The van der Waals surface area contributed by atoms with Gasteiger partial charge in [0, 0.05) is 26.2 Å². The summed E-state index contributed by atoms with van der Waals surface area (Å²) in [5.74, 6) is 2.72. The number of methoxy groups -OCH3 is 2. The van der Waals surface area contributed by atoms with Crippen molar-refractivity contribution in [3.05, 3.63) is 42.0 Å². The molecule has 0 saturated carbocycles. The van der Waals surface area contributed by atoms with Gasteiger partial charge in [0.05, 0.1) is 14.2 Å². The Hall–Kier alpha value is -3.00. The van der Waals surface area contributed by atoms with Crippen LogP contribution in [0.1, 0.15) is 25.3 Å². The Morgan fingerprint density at radius 3 is 2.28 bits per heavy atom. The molecule has 7 nitrogen and oxygen atoms in total. The third-order valence-electron chi connectivity index (χ3n) is 5.71. The first kappa shape index (κ1) is 22.2. The van der Waals surface area contributed by atoms with Crippen LogP contribution in [0, 0.1) is 0 Å². The molecule has 1 aliphatic heterocycles. The van der Waals surface area contributed by atoms with E-state index in [1.165, 1.54) is 5.56 Å². The predicted molar refractivity (Wildman–Crippen MR) is 128 cm³/mol. The van der Waals surface area contributed by atoms with Crippen LogP contribution in [-0.2, 0) is 4.79 Å². The fourth-order valence-electron chi connectivity index (χ4n) is 3.74. The van der Waals surface area contributed by atoms with E-state index in [0.717, 1.165) is 45.7 Å². The Kier molecular flexibility index (Phi) is 6.69. The lowest BCUT2D eigenvalue weighted by Crippen LogP contribution is -2.50. The van der Waals surface area contributed by atoms with Gasteiger partial charge in [0.1, 0.15) is 27.5 Å². The molecule has 1 aliphatic rings. The highest BCUT2D eigenvalue weighted by atomic mass is 32.1. The summed E-state index contributed by atoms with van der Waals surface area (Å²) in [5, 5.41) is 0.913. The van der Waals surface area contributed by atoms with Gasteiger partial charge in [-0.05, 0) is 35.7 Å². The summed E-state index contributed by atoms with van der Waals surface area (Å²) in [5.41, 5.74) is 2.06. The van der Waals surface area contributed by atoms with Crippen molar-refractivity contribution in [3.8, 4) is 17.2 Å². The molecule has 4 rings (SSSR count). The van der Waals surface area contributed by atoms with Crippen LogP contribution in [0.5, 0.6) is 17.2 Å². The Morgan fingerprint density at radius 1 is 1.00 bits per heavy atom. The van der Waals surface area contributed by atoms with E-state index >= 15 is 0 Å². The number of benzene rings is 2. The zero-order chi connectivity index (χ0) is 22.7. The van der Waals surface area contributed by atoms with Crippen molar-refractivity contribution >= 4 is 32.6 Å². The second-order valence-electron chi connectivity index (χ2n) is 8.02. The Balaban J connectivity index is 1.35. The third-order valence-corrected chi connectivity index (χ3v) is 6.84. The van der Waals surface area contributed by atoms with Crippen LogP contribution in [0.4, 0.5) is 5.13 Å². The Labute approximate surface area is 192 Å². The van der Waals surface area contributed by atoms with Crippen molar-refractivity contribution in [1.82, 2.24) is 9.88 Å². The maximum absolute atomic E-state index is 12.6. The fraction of sp³-hybridized carbons (Fsp3) is 0.417. The van der Waals surface area contributed by atoms with Crippen molar-refractivity contribution < 1.29 is 19.0 Å². The number of carbonyl (C=O) groups excluding carboxylic acids is 1. The smallest absolute Gasteiger partial charge is 0.260 e. The summed E-state index contributed by atoms with van der Waals surface area (Å²) in [4.78, 5) is 21.5. The van der Waals surface area contributed by atoms with Gasteiger partial charge in [-0.1, -0.05) is 37.3 Å². The third kappa shape index (κ3) is 4.60. The molecule has 1 fully saturated rings. The van der Waals surface area contributed by atoms with E-state index in [2.05, 4.69) is 18.7 Å². The highest BCUT2D eigenvalue weighted by Crippen LogP contribution is 2.40. The summed E-state index contributed by atoms with van der Waals surface area (Å²) < 4.78 is 17.6. The average Bonchev–Trinajstić information content (AvgIpc) is 3.28. The molecule has 2 aromatic carbocycles. The van der Waals surface area contributed by atoms with Gasteiger partial charge < -0.3 is 24.0 Å². The summed E-state index contributed by atoms with van der Waals surface area (Å²) in [6.45, 7) is 7.08. The SMILES string of the molecule is COc1ccc(OC)c2sc(N3CCN(C(=O)COc4ccc(C(C)C)cc4)CC3)nc12. The van der Waals surface area contributed by atoms with Crippen molar-refractivity contribution in [2.75, 3.05) is 51.9 Å². The number of hydrogen-bond acceptors (Lipinski definition) is 7. The van der Waals surface area contributed by atoms with Gasteiger partial charge in [-0.25, -0.2) is 4.98 Å². The second kappa shape index (κ2) is 9.65. The van der Waals surface area contributed by atoms with Gasteiger partial charge in [-0.15, -0.1) is 0 Å². The number of fused-ring (bicyclic) bond motifs is 1. The minimum atomic E-state index is 0.00484. The zero-order valence-electron chi connectivity index (χ0n) is 19.0. The average molecular weight is 456 g/mol. The van der Waals surface area contributed by atoms with Crippen molar-refractivity contribution in [2.45, 2.75) is 19.8 Å². The molecule has 1 amide bonds. The number of rotatable bonds is 7. The molecule has 3 aromatic rings. The quantitative estimate of drug-likeness (QED) is 0.533. The molecule has 1 aromatic heterocycles. The monoisotopic (exact) mass is 455 g/mol. The first-order valence-electron chi connectivity index (χ1n) is 10.8. The standard InChI is InChI=1S/C24H29N3O4S/c1-16(2)17-5-7-18(8-6-17)31-15-21(28)26-11-13-27(14-12-26)24-25-22-19(29-3)9-10-20(30-4)23(22)32-24/h5-10,16H,11-15H2,1-4H3. The van der Waals surface area contributed by atoms with Crippen LogP contribution in [-0.4, -0.2) is 62.8 Å². The van der Waals surface area contributed by atoms with Crippen LogP contribution in [0.15, 0.2) is 36.4 Å². The first-order chi connectivity index (χ1) is 15.5. The predicted octanol–water partition coefficient (Wildman–Crippen LogP) is 4.16. The zero-order valence-corrected chi connectivity index (χ0v) is 19.8. The van der Waals surface area contributed by atoms with Gasteiger partial charge in [0.2, 0.25) is 0 Å². The van der Waals surface area contributed by atoms with Gasteiger partial charge in [0.15, 0.2) is 11.7 Å². The summed E-state index contributed by atoms with van der Waals surface area (Å²) in [7, 11) is 3.30. The molecule has 0 radical (unpaired) electrons. The molecule has 1 saturated heterocycles. The maximum Gasteiger partial charge on any atom is 0.260 e. The first-order valence-corrected chi connectivity index (χ1v) is 11.6. The van der Waals surface area contributed by atoms with E-state index in [-0.39, 0.29) is 12.5 Å². The van der Waals surface area contributed by atoms with Crippen LogP contribution >= 0.6 is 11.3 Å². The van der Waals surface area contributed by atoms with Crippen LogP contribution in [0.2, 0.25) is 0 Å². The number of nitrogens with zero attached hydrogens (tertiary/aromatic N) is 3. The summed E-state index contributed by atoms with van der Waals surface area (Å²) in [6, 6.07) is 11.7. The van der Waals surface area contributed by atoms with Crippen molar-refractivity contribution in [3.63, 3.8) is 0 Å². The van der Waals surface area contributed by atoms with Gasteiger partial charge in [0.25, 0.3) is 5.91 Å². The van der Waals surface area contributed by atoms with Crippen molar-refractivity contribution in [1.29, 1.82) is 0 Å². The van der Waals surface area contributed by atoms with E-state index < -0.39 is 0 Å². The van der Waals surface area contributed by atoms with Gasteiger partial charge >= 0.3 is 0 Å². The molecule has 8 heteroatoms. The second-order valence-corrected chi connectivity index (χ2v) is 9.00. The van der Waals surface area contributed by atoms with Crippen LogP contribution in [0.25, 0.3) is 10.2 Å². The Bertz CT molecular complexity index is 1030. The van der Waals surface area contributed by atoms with Crippen LogP contribution in [0.3, 0.4) is 0 Å². The molecule has 0 unspecified atom stereocenters. The molecule has 0 bridgehead atoms. The lowest BCUT2D eigenvalue weighted by molar-refractivity contribution is -0.133. The van der Waals surface area contributed by atoms with Gasteiger partial charge in [-0.3, -0.25) is 4.79 Å². The molecular formula is C24H29N3O4S. The number of anilines is 1.